The van der Waals surface area contributed by atoms with Gasteiger partial charge in [0.25, 0.3) is 11.8 Å². The Morgan fingerprint density at radius 1 is 0.966 bits per heavy atom. The van der Waals surface area contributed by atoms with E-state index in [0.29, 0.717) is 5.69 Å². The maximum absolute atomic E-state index is 12.7. The minimum atomic E-state index is -3.56. The first-order valence-corrected chi connectivity index (χ1v) is 11.7. The molecule has 2 aromatic rings. The number of halogens is 1. The van der Waals surface area contributed by atoms with Crippen molar-refractivity contribution in [2.45, 2.75) is 43.0 Å². The Kier molecular flexibility index (Phi) is 6.59. The molecule has 0 bridgehead atoms. The highest BCUT2D eigenvalue weighted by Crippen LogP contribution is 2.24. The third-order valence-corrected chi connectivity index (χ3v) is 6.42. The first-order valence-electron chi connectivity index (χ1n) is 9.46. The lowest BCUT2D eigenvalue weighted by Gasteiger charge is -2.23. The largest absolute Gasteiger partial charge is 0.349 e. The number of anilines is 1. The second-order valence-corrected chi connectivity index (χ2v) is 9.62. The molecule has 0 aromatic heterocycles. The summed E-state index contributed by atoms with van der Waals surface area (Å²) in [6, 6.07) is 10.7. The van der Waals surface area contributed by atoms with Gasteiger partial charge in [0.1, 0.15) is 0 Å². The van der Waals surface area contributed by atoms with Crippen LogP contribution in [-0.2, 0) is 9.84 Å². The Morgan fingerprint density at radius 3 is 2.34 bits per heavy atom. The Balaban J connectivity index is 1.80. The van der Waals surface area contributed by atoms with Crippen LogP contribution in [0.2, 0.25) is 5.02 Å². The van der Waals surface area contributed by atoms with Gasteiger partial charge in [-0.05, 0) is 43.2 Å². The third-order valence-electron chi connectivity index (χ3n) is 4.94. The molecule has 29 heavy (non-hydrogen) atoms. The van der Waals surface area contributed by atoms with Crippen molar-refractivity contribution in [3.8, 4) is 0 Å². The van der Waals surface area contributed by atoms with Crippen LogP contribution in [0.25, 0.3) is 0 Å². The van der Waals surface area contributed by atoms with Crippen LogP contribution in [0.4, 0.5) is 5.69 Å². The van der Waals surface area contributed by atoms with E-state index in [1.807, 2.05) is 0 Å². The number of carbonyl (C=O) groups is 2. The van der Waals surface area contributed by atoms with Gasteiger partial charge in [0, 0.05) is 18.0 Å². The SMILES string of the molecule is CS(=O)(=O)c1ccccc1C(=O)Nc1ccc(Cl)c(C(=O)NC2CCCCC2)c1. The summed E-state index contributed by atoms with van der Waals surface area (Å²) in [5.41, 5.74) is 0.668. The van der Waals surface area contributed by atoms with Crippen LogP contribution in [-0.4, -0.2) is 32.5 Å². The van der Waals surface area contributed by atoms with Crippen molar-refractivity contribution in [1.82, 2.24) is 5.32 Å². The van der Waals surface area contributed by atoms with Gasteiger partial charge in [-0.25, -0.2) is 8.42 Å². The van der Waals surface area contributed by atoms with Crippen LogP contribution in [0.15, 0.2) is 47.4 Å². The molecule has 1 saturated carbocycles. The fourth-order valence-corrected chi connectivity index (χ4v) is 4.55. The van der Waals surface area contributed by atoms with Crippen molar-refractivity contribution in [2.75, 3.05) is 11.6 Å². The molecule has 0 heterocycles. The normalized spacial score (nSPS) is 15.0. The lowest BCUT2D eigenvalue weighted by atomic mass is 9.95. The van der Waals surface area contributed by atoms with Gasteiger partial charge in [-0.3, -0.25) is 9.59 Å². The molecule has 0 spiro atoms. The van der Waals surface area contributed by atoms with E-state index in [2.05, 4.69) is 10.6 Å². The number of sulfone groups is 1. The zero-order valence-corrected chi connectivity index (χ0v) is 17.6. The second-order valence-electron chi connectivity index (χ2n) is 7.23. The van der Waals surface area contributed by atoms with Gasteiger partial charge in [0.15, 0.2) is 9.84 Å². The lowest BCUT2D eigenvalue weighted by molar-refractivity contribution is 0.0926. The molecule has 154 valence electrons. The summed E-state index contributed by atoms with van der Waals surface area (Å²) in [6.45, 7) is 0. The molecule has 2 aromatic carbocycles. The maximum atomic E-state index is 12.7. The van der Waals surface area contributed by atoms with Crippen molar-refractivity contribution in [3.05, 3.63) is 58.6 Å². The first kappa shape index (κ1) is 21.3. The molecule has 1 fully saturated rings. The topological polar surface area (TPSA) is 92.3 Å². The summed E-state index contributed by atoms with van der Waals surface area (Å²) in [5.74, 6) is -0.860. The lowest BCUT2D eigenvalue weighted by Crippen LogP contribution is -2.36. The van der Waals surface area contributed by atoms with Crippen molar-refractivity contribution < 1.29 is 18.0 Å². The Labute approximate surface area is 175 Å². The van der Waals surface area contributed by atoms with Crippen LogP contribution < -0.4 is 10.6 Å². The predicted molar refractivity (Wildman–Crippen MR) is 113 cm³/mol. The molecular weight excluding hydrogens is 412 g/mol. The molecule has 0 saturated heterocycles. The number of benzene rings is 2. The smallest absolute Gasteiger partial charge is 0.256 e. The van der Waals surface area contributed by atoms with Gasteiger partial charge >= 0.3 is 0 Å². The Hall–Kier alpha value is -2.38. The minimum Gasteiger partial charge on any atom is -0.349 e. The zero-order chi connectivity index (χ0) is 21.0. The minimum absolute atomic E-state index is 0.0400. The van der Waals surface area contributed by atoms with Crippen molar-refractivity contribution in [1.29, 1.82) is 0 Å². The van der Waals surface area contributed by atoms with Gasteiger partial charge in [0.05, 0.1) is 21.0 Å². The Bertz CT molecular complexity index is 1030. The molecule has 8 heteroatoms. The zero-order valence-electron chi connectivity index (χ0n) is 16.1. The van der Waals surface area contributed by atoms with E-state index >= 15 is 0 Å². The monoisotopic (exact) mass is 434 g/mol. The molecule has 0 atom stereocenters. The quantitative estimate of drug-likeness (QED) is 0.742. The van der Waals surface area contributed by atoms with Crippen molar-refractivity contribution in [2.24, 2.45) is 0 Å². The maximum Gasteiger partial charge on any atom is 0.256 e. The fourth-order valence-electron chi connectivity index (χ4n) is 3.46. The highest BCUT2D eigenvalue weighted by atomic mass is 35.5. The molecule has 6 nitrogen and oxygen atoms in total. The van der Waals surface area contributed by atoms with Crippen molar-refractivity contribution >= 4 is 38.9 Å². The molecule has 3 rings (SSSR count). The van der Waals surface area contributed by atoms with Gasteiger partial charge < -0.3 is 10.6 Å². The summed E-state index contributed by atoms with van der Waals surface area (Å²) in [6.07, 6.45) is 6.31. The third kappa shape index (κ3) is 5.36. The second kappa shape index (κ2) is 8.97. The van der Waals surface area contributed by atoms with Gasteiger partial charge in [-0.15, -0.1) is 0 Å². The average Bonchev–Trinajstić information content (AvgIpc) is 2.69. The summed E-state index contributed by atoms with van der Waals surface area (Å²) in [5, 5.41) is 5.94. The summed E-state index contributed by atoms with van der Waals surface area (Å²) >= 11 is 6.19. The van der Waals surface area contributed by atoms with Gasteiger partial charge in [-0.1, -0.05) is 43.0 Å². The van der Waals surface area contributed by atoms with Crippen molar-refractivity contribution in [3.63, 3.8) is 0 Å². The van der Waals surface area contributed by atoms with Crippen LogP contribution in [0, 0.1) is 0 Å². The number of hydrogen-bond donors (Lipinski definition) is 2. The molecule has 1 aliphatic rings. The van der Waals surface area contributed by atoms with E-state index in [0.717, 1.165) is 31.9 Å². The highest BCUT2D eigenvalue weighted by molar-refractivity contribution is 7.90. The summed E-state index contributed by atoms with van der Waals surface area (Å²) < 4.78 is 23.9. The molecular formula is C21H23ClN2O4S. The Morgan fingerprint density at radius 2 is 1.66 bits per heavy atom. The predicted octanol–water partition coefficient (Wildman–Crippen LogP) is 4.06. The number of amides is 2. The molecule has 0 unspecified atom stereocenters. The van der Waals surface area contributed by atoms with Crippen LogP contribution >= 0.6 is 11.6 Å². The fraction of sp³-hybridized carbons (Fsp3) is 0.333. The molecule has 0 aliphatic heterocycles. The average molecular weight is 435 g/mol. The van der Waals surface area contributed by atoms with E-state index in [-0.39, 0.29) is 33.0 Å². The van der Waals surface area contributed by atoms with Gasteiger partial charge in [-0.2, -0.15) is 0 Å². The van der Waals surface area contributed by atoms with E-state index in [1.165, 1.54) is 30.7 Å². The van der Waals surface area contributed by atoms with Gasteiger partial charge in [0.2, 0.25) is 0 Å². The molecule has 2 N–H and O–H groups in total. The van der Waals surface area contributed by atoms with E-state index < -0.39 is 15.7 Å². The van der Waals surface area contributed by atoms with Crippen LogP contribution in [0.1, 0.15) is 52.8 Å². The summed E-state index contributed by atoms with van der Waals surface area (Å²) in [4.78, 5) is 25.2. The molecule has 0 radical (unpaired) electrons. The highest BCUT2D eigenvalue weighted by Gasteiger charge is 2.21. The first-order chi connectivity index (χ1) is 13.8. The molecule has 1 aliphatic carbocycles. The number of rotatable bonds is 5. The molecule has 2 amide bonds. The van der Waals surface area contributed by atoms with E-state index in [9.17, 15) is 18.0 Å². The summed E-state index contributed by atoms with van der Waals surface area (Å²) in [7, 11) is -3.56. The van der Waals surface area contributed by atoms with Crippen LogP contribution in [0.3, 0.4) is 0 Å². The van der Waals surface area contributed by atoms with Crippen LogP contribution in [0.5, 0.6) is 0 Å². The number of nitrogens with one attached hydrogen (secondary N) is 2. The number of carbonyl (C=O) groups excluding carboxylic acids is 2. The number of hydrogen-bond acceptors (Lipinski definition) is 4. The van der Waals surface area contributed by atoms with E-state index in [4.69, 9.17) is 11.6 Å². The van der Waals surface area contributed by atoms with E-state index in [1.54, 1.807) is 18.2 Å². The standard InChI is InChI=1S/C21H23ClN2O4S/c1-29(27,28)19-10-6-5-9-16(19)20(25)24-15-11-12-18(22)17(13-15)21(26)23-14-7-3-2-4-8-14/h5-6,9-14H,2-4,7-8H2,1H3,(H,23,26)(H,24,25).